The number of ether oxygens (including phenoxy) is 6. The summed E-state index contributed by atoms with van der Waals surface area (Å²) in [6.45, 7) is 6.62. The van der Waals surface area contributed by atoms with Crippen LogP contribution in [0.1, 0.15) is 44.1 Å². The van der Waals surface area contributed by atoms with E-state index in [0.29, 0.717) is 46.2 Å². The number of unbranched alkanes of at least 4 members (excludes halogenated alkanes) is 2. The van der Waals surface area contributed by atoms with Crippen LogP contribution in [-0.4, -0.2) is 65.8 Å². The average molecular weight is 411 g/mol. The van der Waals surface area contributed by atoms with E-state index in [1.807, 2.05) is 18.2 Å². The topological polar surface area (TPSA) is 55.4 Å². The smallest absolute Gasteiger partial charge is 0.157 e. The maximum absolute atomic E-state index is 5.71. The molecule has 1 aliphatic heterocycles. The van der Waals surface area contributed by atoms with Gasteiger partial charge in [0.2, 0.25) is 0 Å². The second kappa shape index (κ2) is 17.8. The van der Waals surface area contributed by atoms with Crippen molar-refractivity contribution >= 4 is 0 Å². The molecule has 0 amide bonds. The summed E-state index contributed by atoms with van der Waals surface area (Å²) in [5.41, 5.74) is 1.18. The summed E-state index contributed by atoms with van der Waals surface area (Å²) >= 11 is 0. The summed E-state index contributed by atoms with van der Waals surface area (Å²) in [5.74, 6) is 0. The van der Waals surface area contributed by atoms with Crippen molar-refractivity contribution in [3.05, 3.63) is 35.9 Å². The van der Waals surface area contributed by atoms with Crippen LogP contribution in [0.5, 0.6) is 0 Å². The molecule has 1 aromatic rings. The van der Waals surface area contributed by atoms with Crippen molar-refractivity contribution < 1.29 is 28.4 Å². The highest BCUT2D eigenvalue weighted by Gasteiger charge is 2.13. The predicted molar refractivity (Wildman–Crippen MR) is 112 cm³/mol. The molecular weight excluding hydrogens is 372 g/mol. The Morgan fingerprint density at radius 2 is 1.34 bits per heavy atom. The van der Waals surface area contributed by atoms with Crippen molar-refractivity contribution in [2.75, 3.05) is 59.5 Å². The summed E-state index contributed by atoms with van der Waals surface area (Å²) in [6, 6.07) is 10.1. The van der Waals surface area contributed by atoms with Crippen molar-refractivity contribution in [3.8, 4) is 0 Å². The molecule has 0 saturated carbocycles. The molecule has 1 fully saturated rings. The molecule has 1 atom stereocenters. The molecule has 0 radical (unpaired) electrons. The lowest BCUT2D eigenvalue weighted by molar-refractivity contribution is -0.162. The molecule has 6 nitrogen and oxygen atoms in total. The first kappa shape index (κ1) is 24.3. The molecule has 0 N–H and O–H groups in total. The first-order valence-electron chi connectivity index (χ1n) is 11.0. The van der Waals surface area contributed by atoms with E-state index in [1.165, 1.54) is 12.0 Å². The molecule has 1 aromatic carbocycles. The Morgan fingerprint density at radius 1 is 0.690 bits per heavy atom. The van der Waals surface area contributed by atoms with Crippen LogP contribution in [0.15, 0.2) is 30.3 Å². The Balaban J connectivity index is 1.21. The lowest BCUT2D eigenvalue weighted by atomic mass is 10.2. The van der Waals surface area contributed by atoms with Crippen molar-refractivity contribution in [2.24, 2.45) is 0 Å². The van der Waals surface area contributed by atoms with E-state index in [9.17, 15) is 0 Å². The fraction of sp³-hybridized carbons (Fsp3) is 0.739. The maximum atomic E-state index is 5.71. The van der Waals surface area contributed by atoms with E-state index in [-0.39, 0.29) is 6.29 Å². The van der Waals surface area contributed by atoms with Gasteiger partial charge in [-0.2, -0.15) is 0 Å². The van der Waals surface area contributed by atoms with E-state index in [4.69, 9.17) is 28.4 Å². The van der Waals surface area contributed by atoms with Crippen LogP contribution in [0.25, 0.3) is 0 Å². The standard InChI is InChI=1S/C23H38O6/c1-3-9-22(10-4-1)21-27-20-19-26-18-17-25-16-15-24-12-6-2-7-13-28-23-11-5-8-14-29-23/h1,3-4,9-10,23H,2,5-8,11-21H2. The van der Waals surface area contributed by atoms with Gasteiger partial charge in [0.25, 0.3) is 0 Å². The van der Waals surface area contributed by atoms with Gasteiger partial charge in [-0.1, -0.05) is 30.3 Å². The Hall–Kier alpha value is -1.02. The highest BCUT2D eigenvalue weighted by atomic mass is 16.7. The molecule has 0 spiro atoms. The molecule has 1 aliphatic rings. The van der Waals surface area contributed by atoms with Gasteiger partial charge in [0.15, 0.2) is 6.29 Å². The molecule has 0 aromatic heterocycles. The van der Waals surface area contributed by atoms with Crippen LogP contribution in [0, 0.1) is 0 Å². The second-order valence-corrected chi connectivity index (χ2v) is 7.10. The highest BCUT2D eigenvalue weighted by molar-refractivity contribution is 5.13. The Morgan fingerprint density at radius 3 is 2.03 bits per heavy atom. The minimum absolute atomic E-state index is 0.0305. The minimum atomic E-state index is 0.0305. The van der Waals surface area contributed by atoms with E-state index < -0.39 is 0 Å². The molecule has 29 heavy (non-hydrogen) atoms. The van der Waals surface area contributed by atoms with E-state index >= 15 is 0 Å². The third kappa shape index (κ3) is 13.8. The summed E-state index contributed by atoms with van der Waals surface area (Å²) in [6.07, 6.45) is 6.69. The predicted octanol–water partition coefficient (Wildman–Crippen LogP) is 3.97. The zero-order chi connectivity index (χ0) is 20.2. The molecule has 2 rings (SSSR count). The molecule has 0 aliphatic carbocycles. The average Bonchev–Trinajstić information content (AvgIpc) is 2.77. The fourth-order valence-corrected chi connectivity index (χ4v) is 2.96. The van der Waals surface area contributed by atoms with Crippen molar-refractivity contribution in [3.63, 3.8) is 0 Å². The van der Waals surface area contributed by atoms with E-state index in [2.05, 4.69) is 12.1 Å². The summed E-state index contributed by atoms with van der Waals surface area (Å²) < 4.78 is 33.4. The van der Waals surface area contributed by atoms with Gasteiger partial charge in [0.05, 0.1) is 46.2 Å². The van der Waals surface area contributed by atoms with Gasteiger partial charge in [0, 0.05) is 19.8 Å². The molecule has 1 unspecified atom stereocenters. The van der Waals surface area contributed by atoms with E-state index in [1.54, 1.807) is 0 Å². The molecule has 0 bridgehead atoms. The van der Waals surface area contributed by atoms with Gasteiger partial charge in [-0.25, -0.2) is 0 Å². The van der Waals surface area contributed by atoms with Crippen molar-refractivity contribution in [1.29, 1.82) is 0 Å². The van der Waals surface area contributed by atoms with Gasteiger partial charge in [-0.05, 0) is 44.1 Å². The number of hydrogen-bond acceptors (Lipinski definition) is 6. The van der Waals surface area contributed by atoms with Gasteiger partial charge >= 0.3 is 0 Å². The Kier molecular flexibility index (Phi) is 14.9. The van der Waals surface area contributed by atoms with Gasteiger partial charge in [-0.3, -0.25) is 0 Å². The molecule has 166 valence electrons. The highest BCUT2D eigenvalue weighted by Crippen LogP contribution is 2.14. The van der Waals surface area contributed by atoms with Crippen LogP contribution < -0.4 is 0 Å². The number of benzene rings is 1. The number of rotatable bonds is 18. The lowest BCUT2D eigenvalue weighted by Crippen LogP contribution is -2.22. The molecule has 1 saturated heterocycles. The monoisotopic (exact) mass is 410 g/mol. The lowest BCUT2D eigenvalue weighted by Gasteiger charge is -2.22. The molecular formula is C23H38O6. The molecule has 6 heteroatoms. The summed E-state index contributed by atoms with van der Waals surface area (Å²) in [7, 11) is 0. The molecule has 1 heterocycles. The first-order chi connectivity index (χ1) is 14.4. The fourth-order valence-electron chi connectivity index (χ4n) is 2.96. The normalized spacial score (nSPS) is 16.9. The summed E-state index contributed by atoms with van der Waals surface area (Å²) in [4.78, 5) is 0. The van der Waals surface area contributed by atoms with Gasteiger partial charge in [-0.15, -0.1) is 0 Å². The number of hydrogen-bond donors (Lipinski definition) is 0. The third-order valence-electron chi connectivity index (χ3n) is 4.60. The third-order valence-corrected chi connectivity index (χ3v) is 4.60. The van der Waals surface area contributed by atoms with Crippen molar-refractivity contribution in [2.45, 2.75) is 51.4 Å². The van der Waals surface area contributed by atoms with Gasteiger partial charge in [0.1, 0.15) is 0 Å². The SMILES string of the molecule is c1ccc(COCCOCCOCCOCCCCCOC2CCCCO2)cc1. The second-order valence-electron chi connectivity index (χ2n) is 7.10. The van der Waals surface area contributed by atoms with Gasteiger partial charge < -0.3 is 28.4 Å². The van der Waals surface area contributed by atoms with Crippen molar-refractivity contribution in [1.82, 2.24) is 0 Å². The summed E-state index contributed by atoms with van der Waals surface area (Å²) in [5, 5.41) is 0. The van der Waals surface area contributed by atoms with Crippen LogP contribution in [0.4, 0.5) is 0 Å². The first-order valence-corrected chi connectivity index (χ1v) is 11.0. The van der Waals surface area contributed by atoms with Crippen LogP contribution >= 0.6 is 0 Å². The zero-order valence-electron chi connectivity index (χ0n) is 17.7. The van der Waals surface area contributed by atoms with Crippen LogP contribution in [0.3, 0.4) is 0 Å². The zero-order valence-corrected chi connectivity index (χ0v) is 17.7. The van der Waals surface area contributed by atoms with Crippen LogP contribution in [0.2, 0.25) is 0 Å². The minimum Gasteiger partial charge on any atom is -0.379 e. The maximum Gasteiger partial charge on any atom is 0.157 e. The Bertz CT molecular complexity index is 464. The Labute approximate surface area is 175 Å². The largest absolute Gasteiger partial charge is 0.379 e. The van der Waals surface area contributed by atoms with Crippen LogP contribution in [-0.2, 0) is 35.0 Å². The van der Waals surface area contributed by atoms with E-state index in [0.717, 1.165) is 51.9 Å². The quantitative estimate of drug-likeness (QED) is 0.341.